The van der Waals surface area contributed by atoms with E-state index < -0.39 is 0 Å². The molecular weight excluding hydrogens is 232 g/mol. The third-order valence-electron chi connectivity index (χ3n) is 5.24. The summed E-state index contributed by atoms with van der Waals surface area (Å²) in [4.78, 5) is 12.7. The van der Waals surface area contributed by atoms with Crippen LogP contribution < -0.4 is 0 Å². The second kappa shape index (κ2) is 4.47. The van der Waals surface area contributed by atoms with Crippen molar-refractivity contribution < 1.29 is 4.79 Å². The molecular formula is C18H24O. The van der Waals surface area contributed by atoms with E-state index >= 15 is 0 Å². The highest BCUT2D eigenvalue weighted by Gasteiger charge is 2.47. The highest BCUT2D eigenvalue weighted by atomic mass is 16.1. The SMILES string of the molecule is CC1=CC=C2C(=O)C(CC3CC3(C)C)CCC2=CC1. The minimum absolute atomic E-state index is 0.280. The fourth-order valence-corrected chi connectivity index (χ4v) is 3.50. The first-order valence-corrected chi connectivity index (χ1v) is 7.58. The van der Waals surface area contributed by atoms with Crippen molar-refractivity contribution in [3.63, 3.8) is 0 Å². The van der Waals surface area contributed by atoms with Crippen molar-refractivity contribution in [2.75, 3.05) is 0 Å². The maximum Gasteiger partial charge on any atom is 0.166 e. The molecule has 1 nitrogen and oxygen atoms in total. The summed E-state index contributed by atoms with van der Waals surface area (Å²) in [7, 11) is 0. The predicted molar refractivity (Wildman–Crippen MR) is 78.8 cm³/mol. The smallest absolute Gasteiger partial charge is 0.166 e. The molecule has 0 aromatic rings. The molecule has 2 unspecified atom stereocenters. The molecule has 0 aromatic heterocycles. The zero-order valence-electron chi connectivity index (χ0n) is 12.3. The van der Waals surface area contributed by atoms with Crippen LogP contribution in [0.3, 0.4) is 0 Å². The van der Waals surface area contributed by atoms with E-state index in [1.54, 1.807) is 0 Å². The van der Waals surface area contributed by atoms with E-state index in [1.807, 2.05) is 0 Å². The summed E-state index contributed by atoms with van der Waals surface area (Å²) in [6.45, 7) is 6.79. The molecule has 2 saturated carbocycles. The Morgan fingerprint density at radius 3 is 2.74 bits per heavy atom. The van der Waals surface area contributed by atoms with Crippen LogP contribution in [0.1, 0.15) is 52.9 Å². The molecule has 0 heterocycles. The van der Waals surface area contributed by atoms with Gasteiger partial charge >= 0.3 is 0 Å². The molecule has 0 bridgehead atoms. The van der Waals surface area contributed by atoms with Crippen molar-refractivity contribution in [2.24, 2.45) is 17.3 Å². The molecule has 3 aliphatic rings. The minimum Gasteiger partial charge on any atom is -0.294 e. The van der Waals surface area contributed by atoms with Crippen LogP contribution in [0.15, 0.2) is 34.9 Å². The Hall–Kier alpha value is -1.11. The lowest BCUT2D eigenvalue weighted by Gasteiger charge is -2.25. The third kappa shape index (κ3) is 2.48. The van der Waals surface area contributed by atoms with Gasteiger partial charge in [0.2, 0.25) is 0 Å². The van der Waals surface area contributed by atoms with Gasteiger partial charge in [-0.25, -0.2) is 0 Å². The summed E-state index contributed by atoms with van der Waals surface area (Å²) in [5.74, 6) is 1.46. The number of carbonyl (C=O) groups is 1. The number of ketones is 1. The second-order valence-corrected chi connectivity index (χ2v) is 7.25. The number of carbonyl (C=O) groups excluding carboxylic acids is 1. The molecule has 0 aliphatic heterocycles. The predicted octanol–water partition coefficient (Wildman–Crippen LogP) is 4.60. The van der Waals surface area contributed by atoms with Crippen molar-refractivity contribution >= 4 is 5.78 Å². The standard InChI is InChI=1S/C18H24O/c1-12-4-6-13-7-8-14(10-15-11-18(15,2)3)17(19)16(13)9-5-12/h5-6,9,14-15H,4,7-8,10-11H2,1-3H3. The number of rotatable bonds is 2. The monoisotopic (exact) mass is 256 g/mol. The van der Waals surface area contributed by atoms with Crippen LogP contribution in [0.25, 0.3) is 0 Å². The van der Waals surface area contributed by atoms with E-state index in [2.05, 4.69) is 39.0 Å². The second-order valence-electron chi connectivity index (χ2n) is 7.25. The van der Waals surface area contributed by atoms with Gasteiger partial charge in [0.15, 0.2) is 5.78 Å². The summed E-state index contributed by atoms with van der Waals surface area (Å²) < 4.78 is 0. The Morgan fingerprint density at radius 2 is 2.05 bits per heavy atom. The minimum atomic E-state index is 0.280. The fourth-order valence-electron chi connectivity index (χ4n) is 3.50. The molecule has 0 radical (unpaired) electrons. The van der Waals surface area contributed by atoms with Crippen molar-refractivity contribution in [3.05, 3.63) is 34.9 Å². The summed E-state index contributed by atoms with van der Waals surface area (Å²) in [6.07, 6.45) is 12.0. The molecule has 3 rings (SSSR count). The van der Waals surface area contributed by atoms with Crippen LogP contribution in [0, 0.1) is 17.3 Å². The lowest BCUT2D eigenvalue weighted by Crippen LogP contribution is -2.24. The Kier molecular flexibility index (Phi) is 3.03. The van der Waals surface area contributed by atoms with Gasteiger partial charge in [-0.3, -0.25) is 4.79 Å². The molecule has 1 heteroatoms. The largest absolute Gasteiger partial charge is 0.294 e. The summed E-state index contributed by atoms with van der Waals surface area (Å²) >= 11 is 0. The number of allylic oxidation sites excluding steroid dienone is 6. The summed E-state index contributed by atoms with van der Waals surface area (Å²) in [6, 6.07) is 0. The van der Waals surface area contributed by atoms with Crippen LogP contribution in [0.5, 0.6) is 0 Å². The number of fused-ring (bicyclic) bond motifs is 1. The quantitative estimate of drug-likeness (QED) is 0.705. The van der Waals surface area contributed by atoms with Crippen LogP contribution in [0.2, 0.25) is 0 Å². The Bertz CT molecular complexity index is 502. The maximum absolute atomic E-state index is 12.7. The van der Waals surface area contributed by atoms with Gasteiger partial charge in [0.1, 0.15) is 0 Å². The zero-order chi connectivity index (χ0) is 13.6. The lowest BCUT2D eigenvalue weighted by molar-refractivity contribution is -0.120. The van der Waals surface area contributed by atoms with Gasteiger partial charge in [0.05, 0.1) is 0 Å². The van der Waals surface area contributed by atoms with E-state index in [0.29, 0.717) is 11.2 Å². The molecule has 3 aliphatic carbocycles. The highest BCUT2D eigenvalue weighted by Crippen LogP contribution is 2.55. The van der Waals surface area contributed by atoms with Gasteiger partial charge in [-0.05, 0) is 55.9 Å². The normalized spacial score (nSPS) is 32.8. The van der Waals surface area contributed by atoms with Crippen molar-refractivity contribution in [2.45, 2.75) is 52.9 Å². The van der Waals surface area contributed by atoms with Crippen LogP contribution in [-0.4, -0.2) is 5.78 Å². The Balaban J connectivity index is 1.76. The zero-order valence-corrected chi connectivity index (χ0v) is 12.3. The molecule has 0 saturated heterocycles. The molecule has 0 N–H and O–H groups in total. The molecule has 0 spiro atoms. The van der Waals surface area contributed by atoms with Gasteiger partial charge < -0.3 is 0 Å². The van der Waals surface area contributed by atoms with Gasteiger partial charge in [-0.1, -0.05) is 37.6 Å². The first-order valence-electron chi connectivity index (χ1n) is 7.58. The van der Waals surface area contributed by atoms with Gasteiger partial charge in [-0.2, -0.15) is 0 Å². The van der Waals surface area contributed by atoms with Crippen LogP contribution >= 0.6 is 0 Å². The fraction of sp³-hybridized carbons (Fsp3) is 0.611. The number of hydrogen-bond acceptors (Lipinski definition) is 1. The van der Waals surface area contributed by atoms with E-state index in [4.69, 9.17) is 0 Å². The van der Waals surface area contributed by atoms with Crippen molar-refractivity contribution in [3.8, 4) is 0 Å². The van der Waals surface area contributed by atoms with Crippen molar-refractivity contribution in [1.82, 2.24) is 0 Å². The molecule has 2 fully saturated rings. The van der Waals surface area contributed by atoms with Crippen LogP contribution in [-0.2, 0) is 4.79 Å². The molecule has 2 atom stereocenters. The maximum atomic E-state index is 12.7. The lowest BCUT2D eigenvalue weighted by atomic mass is 9.77. The van der Waals surface area contributed by atoms with Gasteiger partial charge in [0.25, 0.3) is 0 Å². The average Bonchev–Trinajstić information content (AvgIpc) is 3.00. The molecule has 0 aromatic carbocycles. The van der Waals surface area contributed by atoms with Gasteiger partial charge in [-0.15, -0.1) is 0 Å². The van der Waals surface area contributed by atoms with Crippen LogP contribution in [0.4, 0.5) is 0 Å². The number of hydrogen-bond donors (Lipinski definition) is 0. The van der Waals surface area contributed by atoms with Crippen molar-refractivity contribution in [1.29, 1.82) is 0 Å². The van der Waals surface area contributed by atoms with E-state index in [9.17, 15) is 4.79 Å². The number of Topliss-reactive ketones (excluding diaryl/α,β-unsaturated/α-hetero) is 1. The van der Waals surface area contributed by atoms with E-state index in [1.165, 1.54) is 17.6 Å². The van der Waals surface area contributed by atoms with Gasteiger partial charge in [0, 0.05) is 11.5 Å². The summed E-state index contributed by atoms with van der Waals surface area (Å²) in [5, 5.41) is 0. The average molecular weight is 256 g/mol. The Labute approximate surface area is 116 Å². The van der Waals surface area contributed by atoms with E-state index in [-0.39, 0.29) is 5.92 Å². The summed E-state index contributed by atoms with van der Waals surface area (Å²) in [5.41, 5.74) is 4.14. The third-order valence-corrected chi connectivity index (χ3v) is 5.24. The molecule has 102 valence electrons. The first-order chi connectivity index (χ1) is 8.97. The Morgan fingerprint density at radius 1 is 1.32 bits per heavy atom. The molecule has 19 heavy (non-hydrogen) atoms. The highest BCUT2D eigenvalue weighted by molar-refractivity contribution is 6.02. The van der Waals surface area contributed by atoms with E-state index in [0.717, 1.165) is 37.2 Å². The topological polar surface area (TPSA) is 17.1 Å². The molecule has 0 amide bonds. The first kappa shape index (κ1) is 12.9.